The number of hydrogen-bond donors (Lipinski definition) is 3. The number of carbonyl (C=O) groups is 2. The third kappa shape index (κ3) is 4.57. The zero-order chi connectivity index (χ0) is 21.5. The van der Waals surface area contributed by atoms with Crippen LogP contribution < -0.4 is 25.9 Å². The molecule has 0 fully saturated rings. The average molecular weight is 410 g/mol. The highest BCUT2D eigenvalue weighted by molar-refractivity contribution is 6.06. The van der Waals surface area contributed by atoms with Crippen LogP contribution in [-0.4, -0.2) is 35.2 Å². The van der Waals surface area contributed by atoms with E-state index in [1.807, 2.05) is 13.8 Å². The summed E-state index contributed by atoms with van der Waals surface area (Å²) in [5.41, 5.74) is 4.52. The molecule has 0 atom stereocenters. The van der Waals surface area contributed by atoms with Gasteiger partial charge < -0.3 is 9.47 Å². The van der Waals surface area contributed by atoms with E-state index in [1.165, 1.54) is 0 Å². The maximum Gasteiger partial charge on any atom is 0.290 e. The van der Waals surface area contributed by atoms with Crippen molar-refractivity contribution in [1.82, 2.24) is 21.0 Å². The van der Waals surface area contributed by atoms with Gasteiger partial charge >= 0.3 is 0 Å². The van der Waals surface area contributed by atoms with E-state index in [4.69, 9.17) is 9.47 Å². The molecule has 1 aromatic heterocycles. The monoisotopic (exact) mass is 410 g/mol. The first-order valence-corrected chi connectivity index (χ1v) is 9.52. The summed E-state index contributed by atoms with van der Waals surface area (Å²) in [6, 6.07) is 11.3. The van der Waals surface area contributed by atoms with Crippen LogP contribution in [0.1, 0.15) is 41.1 Å². The van der Waals surface area contributed by atoms with Gasteiger partial charge in [-0.15, -0.1) is 0 Å². The summed E-state index contributed by atoms with van der Waals surface area (Å²) in [4.78, 5) is 36.8. The first kappa shape index (κ1) is 20.8. The molecule has 0 aliphatic heterocycles. The van der Waals surface area contributed by atoms with Crippen LogP contribution in [0, 0.1) is 0 Å². The van der Waals surface area contributed by atoms with Crippen LogP contribution >= 0.6 is 0 Å². The van der Waals surface area contributed by atoms with E-state index in [1.54, 1.807) is 42.5 Å². The number of nitrogens with zero attached hydrogens (tertiary/aromatic N) is 1. The molecular weight excluding hydrogens is 388 g/mol. The van der Waals surface area contributed by atoms with Crippen molar-refractivity contribution in [2.45, 2.75) is 20.3 Å². The van der Waals surface area contributed by atoms with Crippen LogP contribution in [0.15, 0.2) is 47.3 Å². The van der Waals surface area contributed by atoms with Gasteiger partial charge in [0.1, 0.15) is 0 Å². The van der Waals surface area contributed by atoms with Crippen LogP contribution in [0.4, 0.5) is 0 Å². The highest BCUT2D eigenvalue weighted by atomic mass is 16.5. The van der Waals surface area contributed by atoms with Gasteiger partial charge in [-0.3, -0.25) is 25.2 Å². The third-order valence-corrected chi connectivity index (χ3v) is 4.17. The molecule has 156 valence electrons. The number of amides is 2. The Labute approximate surface area is 172 Å². The molecule has 9 nitrogen and oxygen atoms in total. The summed E-state index contributed by atoms with van der Waals surface area (Å²) < 4.78 is 11.2. The second-order valence-electron chi connectivity index (χ2n) is 6.30. The predicted molar refractivity (Wildman–Crippen MR) is 111 cm³/mol. The van der Waals surface area contributed by atoms with Crippen LogP contribution in [-0.2, 0) is 0 Å². The number of hydrazine groups is 1. The maximum atomic E-state index is 12.5. The van der Waals surface area contributed by atoms with Crippen molar-refractivity contribution in [3.05, 3.63) is 64.1 Å². The van der Waals surface area contributed by atoms with Crippen molar-refractivity contribution in [3.8, 4) is 11.5 Å². The van der Waals surface area contributed by atoms with E-state index in [-0.39, 0.29) is 11.3 Å². The SMILES string of the molecule is CCCOc1ccc(C(=O)NNC(=O)c2n[nH]c(=O)c3ccccc23)cc1OCC. The fraction of sp³-hybridized carbons (Fsp3) is 0.238. The zero-order valence-corrected chi connectivity index (χ0v) is 16.7. The van der Waals surface area contributed by atoms with Crippen molar-refractivity contribution in [2.24, 2.45) is 0 Å². The fourth-order valence-corrected chi connectivity index (χ4v) is 2.78. The first-order chi connectivity index (χ1) is 14.5. The Morgan fingerprint density at radius 1 is 0.967 bits per heavy atom. The Morgan fingerprint density at radius 2 is 1.70 bits per heavy atom. The summed E-state index contributed by atoms with van der Waals surface area (Å²) in [5.74, 6) is -0.217. The highest BCUT2D eigenvalue weighted by Gasteiger charge is 2.16. The van der Waals surface area contributed by atoms with Crippen LogP contribution in [0.5, 0.6) is 11.5 Å². The Balaban J connectivity index is 1.74. The third-order valence-electron chi connectivity index (χ3n) is 4.17. The molecule has 0 bridgehead atoms. The van der Waals surface area contributed by atoms with Crippen molar-refractivity contribution in [3.63, 3.8) is 0 Å². The van der Waals surface area contributed by atoms with E-state index in [9.17, 15) is 14.4 Å². The number of hydrogen-bond acceptors (Lipinski definition) is 6. The van der Waals surface area contributed by atoms with E-state index in [0.717, 1.165) is 6.42 Å². The fourth-order valence-electron chi connectivity index (χ4n) is 2.78. The molecule has 9 heteroatoms. The van der Waals surface area contributed by atoms with E-state index in [0.29, 0.717) is 35.5 Å². The Morgan fingerprint density at radius 3 is 2.43 bits per heavy atom. The molecule has 0 aliphatic carbocycles. The summed E-state index contributed by atoms with van der Waals surface area (Å²) in [5, 5.41) is 6.78. The van der Waals surface area contributed by atoms with Crippen LogP contribution in [0.3, 0.4) is 0 Å². The van der Waals surface area contributed by atoms with Gasteiger partial charge in [0.2, 0.25) is 0 Å². The lowest BCUT2D eigenvalue weighted by molar-refractivity contribution is 0.0844. The molecule has 3 aromatic rings. The molecule has 0 spiro atoms. The number of ether oxygens (including phenoxy) is 2. The largest absolute Gasteiger partial charge is 0.490 e. The zero-order valence-electron chi connectivity index (χ0n) is 16.7. The number of benzene rings is 2. The quantitative estimate of drug-likeness (QED) is 0.513. The number of nitrogens with one attached hydrogen (secondary N) is 3. The minimum Gasteiger partial charge on any atom is -0.490 e. The second-order valence-corrected chi connectivity index (χ2v) is 6.30. The number of carbonyl (C=O) groups excluding carboxylic acids is 2. The lowest BCUT2D eigenvalue weighted by atomic mass is 10.1. The number of rotatable bonds is 7. The van der Waals surface area contributed by atoms with Gasteiger partial charge in [-0.05, 0) is 37.6 Å². The molecule has 2 amide bonds. The summed E-state index contributed by atoms with van der Waals surface area (Å²) in [7, 11) is 0. The second kappa shape index (κ2) is 9.55. The van der Waals surface area contributed by atoms with Crippen molar-refractivity contribution in [1.29, 1.82) is 0 Å². The highest BCUT2D eigenvalue weighted by Crippen LogP contribution is 2.28. The molecule has 0 aliphatic rings. The van der Waals surface area contributed by atoms with Crippen molar-refractivity contribution >= 4 is 22.6 Å². The lowest BCUT2D eigenvalue weighted by Crippen LogP contribution is -2.42. The molecule has 2 aromatic carbocycles. The Hall–Kier alpha value is -3.88. The molecule has 0 saturated heterocycles. The van der Waals surface area contributed by atoms with Gasteiger partial charge in [0.15, 0.2) is 17.2 Å². The topological polar surface area (TPSA) is 122 Å². The van der Waals surface area contributed by atoms with E-state index < -0.39 is 17.4 Å². The van der Waals surface area contributed by atoms with Crippen molar-refractivity contribution < 1.29 is 19.1 Å². The minimum atomic E-state index is -0.663. The van der Waals surface area contributed by atoms with Gasteiger partial charge in [0, 0.05) is 10.9 Å². The standard InChI is InChI=1S/C21H22N4O5/c1-3-11-30-16-10-9-13(12-17(16)29-4-2)19(26)23-25-21(28)18-14-7-5-6-8-15(14)20(27)24-22-18/h5-10,12H,3-4,11H2,1-2H3,(H,23,26)(H,24,27)(H,25,28). The van der Waals surface area contributed by atoms with Gasteiger partial charge in [-0.1, -0.05) is 25.1 Å². The Kier molecular flexibility index (Phi) is 6.63. The van der Waals surface area contributed by atoms with Crippen LogP contribution in [0.25, 0.3) is 10.8 Å². The minimum absolute atomic E-state index is 0.0104. The van der Waals surface area contributed by atoms with Crippen molar-refractivity contribution in [2.75, 3.05) is 13.2 Å². The predicted octanol–water partition coefficient (Wildman–Crippen LogP) is 2.19. The summed E-state index contributed by atoms with van der Waals surface area (Å²) in [6.07, 6.45) is 0.841. The summed E-state index contributed by atoms with van der Waals surface area (Å²) >= 11 is 0. The lowest BCUT2D eigenvalue weighted by Gasteiger charge is -2.13. The molecule has 0 radical (unpaired) electrons. The van der Waals surface area contributed by atoms with Gasteiger partial charge in [0.25, 0.3) is 17.4 Å². The molecule has 0 unspecified atom stereocenters. The normalized spacial score (nSPS) is 10.5. The molecule has 1 heterocycles. The Bertz CT molecular complexity index is 1130. The number of aromatic amines is 1. The number of H-pyrrole nitrogens is 1. The first-order valence-electron chi connectivity index (χ1n) is 9.52. The molecular formula is C21H22N4O5. The average Bonchev–Trinajstić information content (AvgIpc) is 2.77. The molecule has 3 N–H and O–H groups in total. The number of fused-ring (bicyclic) bond motifs is 1. The molecule has 0 saturated carbocycles. The summed E-state index contributed by atoms with van der Waals surface area (Å²) in [6.45, 7) is 4.76. The molecule has 3 rings (SSSR count). The van der Waals surface area contributed by atoms with E-state index >= 15 is 0 Å². The smallest absolute Gasteiger partial charge is 0.290 e. The van der Waals surface area contributed by atoms with Gasteiger partial charge in [-0.2, -0.15) is 5.10 Å². The van der Waals surface area contributed by atoms with Gasteiger partial charge in [-0.25, -0.2) is 5.10 Å². The number of aromatic nitrogens is 2. The molecule has 30 heavy (non-hydrogen) atoms. The van der Waals surface area contributed by atoms with E-state index in [2.05, 4.69) is 21.0 Å². The van der Waals surface area contributed by atoms with Gasteiger partial charge in [0.05, 0.1) is 18.6 Å². The maximum absolute atomic E-state index is 12.5. The van der Waals surface area contributed by atoms with Crippen LogP contribution in [0.2, 0.25) is 0 Å².